The van der Waals surface area contributed by atoms with Gasteiger partial charge in [0.1, 0.15) is 0 Å². The molecule has 21 heavy (non-hydrogen) atoms. The number of carbonyl (C=O) groups excluding carboxylic acids is 2. The largest absolute Gasteiger partial charge is 0.466 e. The summed E-state index contributed by atoms with van der Waals surface area (Å²) in [6, 6.07) is 2.21. The predicted molar refractivity (Wildman–Crippen MR) is 79.1 cm³/mol. The van der Waals surface area contributed by atoms with Crippen LogP contribution in [0.5, 0.6) is 0 Å². The van der Waals surface area contributed by atoms with Crippen LogP contribution in [0.1, 0.15) is 47.5 Å². The molecule has 0 heterocycles. The molecule has 0 aliphatic rings. The van der Waals surface area contributed by atoms with Crippen molar-refractivity contribution in [3.05, 3.63) is 0 Å². The van der Waals surface area contributed by atoms with Gasteiger partial charge in [-0.05, 0) is 25.7 Å². The molecule has 0 fully saturated rings. The van der Waals surface area contributed by atoms with Crippen LogP contribution in [0.4, 0.5) is 0 Å². The first-order chi connectivity index (χ1) is 9.92. The third-order valence-corrected chi connectivity index (χ3v) is 3.65. The zero-order valence-electron chi connectivity index (χ0n) is 13.7. The van der Waals surface area contributed by atoms with Gasteiger partial charge >= 0.3 is 11.9 Å². The molecule has 0 saturated heterocycles. The topological polar surface area (TPSA) is 76.4 Å². The van der Waals surface area contributed by atoms with E-state index in [1.165, 1.54) is 0 Å². The lowest BCUT2D eigenvalue weighted by Gasteiger charge is -2.29. The Balaban J connectivity index is 5.27. The lowest BCUT2D eigenvalue weighted by Crippen LogP contribution is -2.34. The first-order valence-electron chi connectivity index (χ1n) is 7.64. The number of nitrogens with zero attached hydrogens (tertiary/aromatic N) is 1. The maximum atomic E-state index is 12.1. The van der Waals surface area contributed by atoms with Gasteiger partial charge in [0.05, 0.1) is 37.5 Å². The van der Waals surface area contributed by atoms with Crippen LogP contribution >= 0.6 is 0 Å². The SMILES string of the molecule is CCOC(=O)CC(C(=O)OCC)C(C#N)C(CC)C(C)C. The molecule has 0 N–H and O–H groups in total. The minimum atomic E-state index is -0.763. The van der Waals surface area contributed by atoms with E-state index in [1.807, 2.05) is 20.8 Å². The van der Waals surface area contributed by atoms with Crippen molar-refractivity contribution in [3.63, 3.8) is 0 Å². The van der Waals surface area contributed by atoms with Crippen LogP contribution in [0.15, 0.2) is 0 Å². The van der Waals surface area contributed by atoms with Crippen molar-refractivity contribution in [1.82, 2.24) is 0 Å². The smallest absolute Gasteiger partial charge is 0.310 e. The molecule has 0 bridgehead atoms. The Labute approximate surface area is 127 Å². The molecule has 5 nitrogen and oxygen atoms in total. The summed E-state index contributed by atoms with van der Waals surface area (Å²) in [6.45, 7) is 9.93. The molecule has 0 spiro atoms. The van der Waals surface area contributed by atoms with Gasteiger partial charge in [-0.25, -0.2) is 0 Å². The molecule has 5 heteroatoms. The molecule has 3 atom stereocenters. The van der Waals surface area contributed by atoms with E-state index in [0.29, 0.717) is 0 Å². The van der Waals surface area contributed by atoms with Crippen LogP contribution < -0.4 is 0 Å². The fraction of sp³-hybridized carbons (Fsp3) is 0.812. The van der Waals surface area contributed by atoms with Crippen LogP contribution in [-0.2, 0) is 19.1 Å². The van der Waals surface area contributed by atoms with E-state index < -0.39 is 23.8 Å². The van der Waals surface area contributed by atoms with Crippen molar-refractivity contribution >= 4 is 11.9 Å². The maximum absolute atomic E-state index is 12.1. The highest BCUT2D eigenvalue weighted by molar-refractivity contribution is 5.80. The minimum absolute atomic E-state index is 0.0406. The molecule has 0 saturated carbocycles. The second kappa shape index (κ2) is 10.2. The first-order valence-corrected chi connectivity index (χ1v) is 7.64. The number of nitriles is 1. The van der Waals surface area contributed by atoms with Crippen molar-refractivity contribution in [2.75, 3.05) is 13.2 Å². The Hall–Kier alpha value is -1.57. The second-order valence-electron chi connectivity index (χ2n) is 5.34. The van der Waals surface area contributed by atoms with E-state index in [0.717, 1.165) is 6.42 Å². The van der Waals surface area contributed by atoms with Gasteiger partial charge in [-0.2, -0.15) is 5.26 Å². The minimum Gasteiger partial charge on any atom is -0.466 e. The van der Waals surface area contributed by atoms with Gasteiger partial charge in [0, 0.05) is 0 Å². The Kier molecular flexibility index (Phi) is 9.44. The molecule has 0 aromatic rings. The fourth-order valence-electron chi connectivity index (χ4n) is 2.63. The van der Waals surface area contributed by atoms with Gasteiger partial charge < -0.3 is 9.47 Å². The number of esters is 2. The molecule has 0 rings (SSSR count). The van der Waals surface area contributed by atoms with Crippen LogP contribution in [0.25, 0.3) is 0 Å². The Morgan fingerprint density at radius 2 is 1.67 bits per heavy atom. The summed E-state index contributed by atoms with van der Waals surface area (Å²) in [7, 11) is 0. The number of rotatable bonds is 9. The summed E-state index contributed by atoms with van der Waals surface area (Å²) >= 11 is 0. The molecule has 120 valence electrons. The van der Waals surface area contributed by atoms with Crippen LogP contribution in [0.2, 0.25) is 0 Å². The van der Waals surface area contributed by atoms with Crippen LogP contribution in [-0.4, -0.2) is 25.2 Å². The monoisotopic (exact) mass is 297 g/mol. The summed E-state index contributed by atoms with van der Waals surface area (Å²) in [6.07, 6.45) is 0.669. The van der Waals surface area contributed by atoms with E-state index in [4.69, 9.17) is 9.47 Å². The molecular formula is C16H27NO4. The molecule has 0 aliphatic heterocycles. The van der Waals surface area contributed by atoms with Crippen LogP contribution in [0.3, 0.4) is 0 Å². The summed E-state index contributed by atoms with van der Waals surface area (Å²) in [4.78, 5) is 23.9. The highest BCUT2D eigenvalue weighted by atomic mass is 16.5. The normalized spacial score (nSPS) is 14.9. The second-order valence-corrected chi connectivity index (χ2v) is 5.34. The quantitative estimate of drug-likeness (QED) is 0.611. The highest BCUT2D eigenvalue weighted by Gasteiger charge is 2.37. The summed E-state index contributed by atoms with van der Waals surface area (Å²) in [5.41, 5.74) is 0. The van der Waals surface area contributed by atoms with E-state index >= 15 is 0 Å². The number of hydrogen-bond donors (Lipinski definition) is 0. The van der Waals surface area contributed by atoms with Gasteiger partial charge in [-0.3, -0.25) is 9.59 Å². The molecular weight excluding hydrogens is 270 g/mol. The highest BCUT2D eigenvalue weighted by Crippen LogP contribution is 2.32. The van der Waals surface area contributed by atoms with Gasteiger partial charge in [0.2, 0.25) is 0 Å². The van der Waals surface area contributed by atoms with Crippen molar-refractivity contribution in [1.29, 1.82) is 5.26 Å². The van der Waals surface area contributed by atoms with Gasteiger partial charge in [0.15, 0.2) is 0 Å². The number of ether oxygens (including phenoxy) is 2. The third-order valence-electron chi connectivity index (χ3n) is 3.65. The average Bonchev–Trinajstić information content (AvgIpc) is 2.42. The van der Waals surface area contributed by atoms with E-state index in [1.54, 1.807) is 13.8 Å². The Morgan fingerprint density at radius 3 is 2.05 bits per heavy atom. The van der Waals surface area contributed by atoms with Gasteiger partial charge in [-0.15, -0.1) is 0 Å². The average molecular weight is 297 g/mol. The van der Waals surface area contributed by atoms with Crippen molar-refractivity contribution < 1.29 is 19.1 Å². The summed E-state index contributed by atoms with van der Waals surface area (Å²) < 4.78 is 9.96. The number of carbonyl (C=O) groups is 2. The molecule has 0 aromatic carbocycles. The van der Waals surface area contributed by atoms with Crippen molar-refractivity contribution in [2.45, 2.75) is 47.5 Å². The van der Waals surface area contributed by atoms with E-state index in [-0.39, 0.29) is 31.5 Å². The molecule has 0 aliphatic carbocycles. The zero-order valence-corrected chi connectivity index (χ0v) is 13.7. The predicted octanol–water partition coefficient (Wildman–Crippen LogP) is 2.94. The molecule has 0 aromatic heterocycles. The van der Waals surface area contributed by atoms with Crippen molar-refractivity contribution in [3.8, 4) is 6.07 Å². The molecule has 0 amide bonds. The van der Waals surface area contributed by atoms with Crippen LogP contribution in [0, 0.1) is 35.0 Å². The van der Waals surface area contributed by atoms with E-state index in [9.17, 15) is 14.9 Å². The van der Waals surface area contributed by atoms with Crippen molar-refractivity contribution in [2.24, 2.45) is 23.7 Å². The molecule has 3 unspecified atom stereocenters. The lowest BCUT2D eigenvalue weighted by molar-refractivity contribution is -0.157. The van der Waals surface area contributed by atoms with Gasteiger partial charge in [0.25, 0.3) is 0 Å². The standard InChI is InChI=1S/C16H27NO4/c1-6-12(11(4)5)14(10-17)13(16(19)21-8-3)9-15(18)20-7-2/h11-14H,6-9H2,1-5H3. The Morgan fingerprint density at radius 1 is 1.10 bits per heavy atom. The maximum Gasteiger partial charge on any atom is 0.310 e. The Bertz CT molecular complexity index is 373. The summed E-state index contributed by atoms with van der Waals surface area (Å²) in [5.74, 6) is -1.97. The summed E-state index contributed by atoms with van der Waals surface area (Å²) in [5, 5.41) is 9.50. The van der Waals surface area contributed by atoms with Gasteiger partial charge in [-0.1, -0.05) is 27.2 Å². The fourth-order valence-corrected chi connectivity index (χ4v) is 2.63. The lowest BCUT2D eigenvalue weighted by atomic mass is 9.74. The number of hydrogen-bond acceptors (Lipinski definition) is 5. The van der Waals surface area contributed by atoms with E-state index in [2.05, 4.69) is 6.07 Å². The zero-order chi connectivity index (χ0) is 16.4. The first kappa shape index (κ1) is 19.4. The molecule has 0 radical (unpaired) electrons. The third kappa shape index (κ3) is 6.16.